The summed E-state index contributed by atoms with van der Waals surface area (Å²) in [6.45, 7) is 8.43. The summed E-state index contributed by atoms with van der Waals surface area (Å²) >= 11 is 0. The van der Waals surface area contributed by atoms with Gasteiger partial charge in [0.1, 0.15) is 17.1 Å². The molecule has 4 aliphatic rings. The van der Waals surface area contributed by atoms with E-state index in [4.69, 9.17) is 4.74 Å². The maximum Gasteiger partial charge on any atom is 0.155 e. The summed E-state index contributed by atoms with van der Waals surface area (Å²) in [6, 6.07) is 9.44. The molecule has 0 amide bonds. The van der Waals surface area contributed by atoms with Crippen LogP contribution in [0.2, 0.25) is 0 Å². The minimum atomic E-state index is -1.20. The van der Waals surface area contributed by atoms with Crippen LogP contribution in [0.1, 0.15) is 58.8 Å². The molecule has 1 aromatic carbocycles. The number of para-hydroxylation sites is 1. The van der Waals surface area contributed by atoms with Gasteiger partial charge in [0.05, 0.1) is 5.76 Å². The van der Waals surface area contributed by atoms with Crippen LogP contribution in [0.25, 0.3) is 0 Å². The van der Waals surface area contributed by atoms with Gasteiger partial charge in [-0.1, -0.05) is 44.2 Å². The van der Waals surface area contributed by atoms with Gasteiger partial charge in [-0.15, -0.1) is 0 Å². The number of ether oxygens (including phenoxy) is 1. The van der Waals surface area contributed by atoms with Crippen LogP contribution in [0.15, 0.2) is 65.7 Å². The highest BCUT2D eigenvalue weighted by molar-refractivity contribution is 5.92. The van der Waals surface area contributed by atoms with Crippen molar-refractivity contribution in [3.63, 3.8) is 0 Å². The van der Waals surface area contributed by atoms with Crippen LogP contribution in [0, 0.1) is 22.7 Å². The lowest BCUT2D eigenvalue weighted by Crippen LogP contribution is -2.53. The summed E-state index contributed by atoms with van der Waals surface area (Å²) in [6.07, 6.45) is 6.80. The molecule has 0 saturated heterocycles. The maximum atomic E-state index is 12.0. The van der Waals surface area contributed by atoms with Gasteiger partial charge in [0, 0.05) is 23.7 Å². The molecule has 2 N–H and O–H groups in total. The summed E-state index contributed by atoms with van der Waals surface area (Å²) in [5.74, 6) is 2.10. The van der Waals surface area contributed by atoms with E-state index in [0.29, 0.717) is 36.5 Å². The Labute approximate surface area is 184 Å². The molecule has 0 heterocycles. The highest BCUT2D eigenvalue weighted by Crippen LogP contribution is 2.67. The van der Waals surface area contributed by atoms with E-state index in [9.17, 15) is 15.0 Å². The van der Waals surface area contributed by atoms with Crippen molar-refractivity contribution in [1.29, 1.82) is 0 Å². The van der Waals surface area contributed by atoms with Crippen LogP contribution in [0.5, 0.6) is 5.75 Å². The Kier molecular flexibility index (Phi) is 4.53. The third-order valence-electron chi connectivity index (χ3n) is 8.96. The quantitative estimate of drug-likeness (QED) is 0.620. The summed E-state index contributed by atoms with van der Waals surface area (Å²) in [5.41, 5.74) is 0.320. The summed E-state index contributed by atoms with van der Waals surface area (Å²) in [7, 11) is 0. The molecule has 164 valence electrons. The molecular weight excluding hydrogens is 388 g/mol. The molecule has 2 saturated carbocycles. The standard InChI is InChI=1S/C27H32O4/c1-17(31-20-7-5-4-6-8-20)27(30)14-12-22-21-10-9-18-15-19(28)11-13-25(18,2)24(21)23(29)16-26(22,27)3/h4-8,15,21-22,29-30H,1,9-14,16H2,2-3H3/t21-,22-,25-,26-,27-/m0/s1. The second-order valence-electron chi connectivity index (χ2n) is 10.4. The molecule has 5 rings (SSSR count). The van der Waals surface area contributed by atoms with E-state index in [1.807, 2.05) is 36.4 Å². The summed E-state index contributed by atoms with van der Waals surface area (Å²) < 4.78 is 6.02. The molecule has 4 nitrogen and oxygen atoms in total. The van der Waals surface area contributed by atoms with Crippen molar-refractivity contribution in [2.24, 2.45) is 22.7 Å². The van der Waals surface area contributed by atoms with Gasteiger partial charge in [0.25, 0.3) is 0 Å². The molecular formula is C27H32O4. The highest BCUT2D eigenvalue weighted by Gasteiger charge is 2.65. The van der Waals surface area contributed by atoms with E-state index in [1.165, 1.54) is 5.57 Å². The van der Waals surface area contributed by atoms with Crippen molar-refractivity contribution in [2.75, 3.05) is 0 Å². The lowest BCUT2D eigenvalue weighted by molar-refractivity contribution is -0.116. The van der Waals surface area contributed by atoms with Crippen molar-refractivity contribution in [2.45, 2.75) is 64.4 Å². The summed E-state index contributed by atoms with van der Waals surface area (Å²) in [5, 5.41) is 23.3. The lowest BCUT2D eigenvalue weighted by Gasteiger charge is -2.55. The van der Waals surface area contributed by atoms with Gasteiger partial charge in [0.2, 0.25) is 0 Å². The topological polar surface area (TPSA) is 66.8 Å². The number of benzene rings is 1. The smallest absolute Gasteiger partial charge is 0.155 e. The monoisotopic (exact) mass is 420 g/mol. The number of fused-ring (bicyclic) bond motifs is 5. The number of ketones is 1. The largest absolute Gasteiger partial charge is 0.512 e. The fourth-order valence-corrected chi connectivity index (χ4v) is 7.23. The van der Waals surface area contributed by atoms with Crippen LogP contribution < -0.4 is 4.74 Å². The van der Waals surface area contributed by atoms with Gasteiger partial charge >= 0.3 is 0 Å². The predicted octanol–water partition coefficient (Wildman–Crippen LogP) is 5.65. The van der Waals surface area contributed by atoms with Gasteiger partial charge in [0.15, 0.2) is 5.78 Å². The summed E-state index contributed by atoms with van der Waals surface area (Å²) in [4.78, 5) is 12.0. The Bertz CT molecular complexity index is 1010. The zero-order chi connectivity index (χ0) is 22.0. The predicted molar refractivity (Wildman–Crippen MR) is 119 cm³/mol. The third kappa shape index (κ3) is 2.80. The van der Waals surface area contributed by atoms with Crippen LogP contribution in [0.4, 0.5) is 0 Å². The fourth-order valence-electron chi connectivity index (χ4n) is 7.23. The van der Waals surface area contributed by atoms with Crippen molar-refractivity contribution in [3.05, 3.63) is 65.7 Å². The van der Waals surface area contributed by atoms with E-state index < -0.39 is 11.0 Å². The Morgan fingerprint density at radius 3 is 2.61 bits per heavy atom. The average Bonchev–Trinajstić information content (AvgIpc) is 3.00. The van der Waals surface area contributed by atoms with Crippen molar-refractivity contribution in [3.8, 4) is 5.75 Å². The Morgan fingerprint density at radius 2 is 1.87 bits per heavy atom. The van der Waals surface area contributed by atoms with Crippen molar-refractivity contribution < 1.29 is 19.7 Å². The molecule has 0 unspecified atom stereocenters. The fraction of sp³-hybridized carbons (Fsp3) is 0.519. The Hall–Kier alpha value is -2.33. The molecule has 0 aromatic heterocycles. The second kappa shape index (κ2) is 6.83. The second-order valence-corrected chi connectivity index (χ2v) is 10.4. The molecule has 2 fully saturated rings. The average molecular weight is 421 g/mol. The van der Waals surface area contributed by atoms with E-state index in [2.05, 4.69) is 20.4 Å². The molecule has 0 spiro atoms. The molecule has 31 heavy (non-hydrogen) atoms. The zero-order valence-corrected chi connectivity index (χ0v) is 18.5. The number of rotatable bonds is 3. The van der Waals surface area contributed by atoms with Gasteiger partial charge in [-0.3, -0.25) is 4.79 Å². The first kappa shape index (κ1) is 20.6. The van der Waals surface area contributed by atoms with Gasteiger partial charge in [-0.2, -0.15) is 0 Å². The molecule has 0 aliphatic heterocycles. The number of allylic oxidation sites excluding steroid dienone is 4. The van der Waals surface area contributed by atoms with Crippen LogP contribution >= 0.6 is 0 Å². The van der Waals surface area contributed by atoms with Gasteiger partial charge in [-0.05, 0) is 67.7 Å². The number of carbonyl (C=O) groups is 1. The number of aliphatic hydroxyl groups is 2. The van der Waals surface area contributed by atoms with E-state index in [1.54, 1.807) is 0 Å². The first-order valence-corrected chi connectivity index (χ1v) is 11.5. The highest BCUT2D eigenvalue weighted by atomic mass is 16.5. The van der Waals surface area contributed by atoms with Crippen LogP contribution in [-0.4, -0.2) is 21.6 Å². The first-order valence-electron chi connectivity index (χ1n) is 11.5. The third-order valence-corrected chi connectivity index (χ3v) is 8.96. The molecule has 4 heteroatoms. The minimum absolute atomic E-state index is 0.205. The Balaban J connectivity index is 1.51. The maximum absolute atomic E-state index is 12.0. The number of hydrogen-bond donors (Lipinski definition) is 2. The van der Waals surface area contributed by atoms with E-state index >= 15 is 0 Å². The number of aliphatic hydroxyl groups excluding tert-OH is 1. The van der Waals surface area contributed by atoms with Gasteiger partial charge < -0.3 is 14.9 Å². The van der Waals surface area contributed by atoms with Crippen LogP contribution in [0.3, 0.4) is 0 Å². The molecule has 4 aliphatic carbocycles. The minimum Gasteiger partial charge on any atom is -0.512 e. The zero-order valence-electron chi connectivity index (χ0n) is 18.5. The molecule has 0 radical (unpaired) electrons. The van der Waals surface area contributed by atoms with Gasteiger partial charge in [-0.25, -0.2) is 0 Å². The SMILES string of the molecule is C=C(Oc1ccccc1)[C@@]1(O)CC[C@H]2[C@@H]3CCC4=CC(=O)CC[C@]4(C)C3=C(O)C[C@@]21C. The Morgan fingerprint density at radius 1 is 1.13 bits per heavy atom. The van der Waals surface area contributed by atoms with Crippen molar-refractivity contribution in [1.82, 2.24) is 0 Å². The van der Waals surface area contributed by atoms with Crippen molar-refractivity contribution >= 4 is 5.78 Å². The van der Waals surface area contributed by atoms with Crippen LogP contribution in [-0.2, 0) is 4.79 Å². The molecule has 0 bridgehead atoms. The molecule has 1 aromatic rings. The van der Waals surface area contributed by atoms with E-state index in [0.717, 1.165) is 31.3 Å². The van der Waals surface area contributed by atoms with E-state index in [-0.39, 0.29) is 23.0 Å². The molecule has 5 atom stereocenters. The first-order chi connectivity index (χ1) is 14.7. The number of carbonyl (C=O) groups excluding carboxylic acids is 1. The number of hydrogen-bond acceptors (Lipinski definition) is 4. The lowest BCUT2D eigenvalue weighted by atomic mass is 9.50. The normalized spacial score (nSPS) is 39.3.